The number of rotatable bonds is 3. The number of pyridine rings is 1. The van der Waals surface area contributed by atoms with E-state index >= 15 is 0 Å². The van der Waals surface area contributed by atoms with Crippen LogP contribution in [0.1, 0.15) is 17.7 Å². The summed E-state index contributed by atoms with van der Waals surface area (Å²) in [5.41, 5.74) is 2.07. The Kier molecular flexibility index (Phi) is 3.46. The number of aryl methyl sites for hydroxylation is 1. The van der Waals surface area contributed by atoms with Gasteiger partial charge in [0.05, 0.1) is 0 Å². The minimum atomic E-state index is -0.504. The summed E-state index contributed by atoms with van der Waals surface area (Å²) in [7, 11) is -0.504. The minimum Gasteiger partial charge on any atom is -0.432 e. The largest absolute Gasteiger partial charge is 0.432 e. The second-order valence-corrected chi connectivity index (χ2v) is 4.19. The van der Waals surface area contributed by atoms with Crippen molar-refractivity contribution in [2.24, 2.45) is 0 Å². The third-order valence-corrected chi connectivity index (χ3v) is 2.95. The van der Waals surface area contributed by atoms with Crippen molar-refractivity contribution in [3.05, 3.63) is 23.4 Å². The summed E-state index contributed by atoms with van der Waals surface area (Å²) in [4.78, 5) is 6.43. The molecule has 4 nitrogen and oxygen atoms in total. The first-order valence-corrected chi connectivity index (χ1v) is 5.76. The molecule has 0 amide bonds. The first kappa shape index (κ1) is 11.4. The zero-order chi connectivity index (χ0) is 11.5. The summed E-state index contributed by atoms with van der Waals surface area (Å²) in [6.07, 6.45) is 2.64. The minimum absolute atomic E-state index is 0.112. The van der Waals surface area contributed by atoms with E-state index < -0.39 is 7.05 Å². The van der Waals surface area contributed by atoms with Gasteiger partial charge >= 0.3 is 7.05 Å². The molecule has 0 saturated heterocycles. The van der Waals surface area contributed by atoms with Crippen molar-refractivity contribution in [1.82, 2.24) is 4.98 Å². The lowest BCUT2D eigenvalue weighted by Gasteiger charge is -2.31. The zero-order valence-corrected chi connectivity index (χ0v) is 9.56. The van der Waals surface area contributed by atoms with Gasteiger partial charge < -0.3 is 14.9 Å². The van der Waals surface area contributed by atoms with Gasteiger partial charge in [-0.1, -0.05) is 6.07 Å². The molecule has 0 bridgehead atoms. The molecule has 0 aliphatic carbocycles. The molecule has 0 spiro atoms. The highest BCUT2D eigenvalue weighted by Gasteiger charge is 2.24. The van der Waals surface area contributed by atoms with Crippen LogP contribution in [-0.4, -0.2) is 35.3 Å². The lowest BCUT2D eigenvalue weighted by molar-refractivity contribution is 0.298. The zero-order valence-electron chi connectivity index (χ0n) is 9.56. The second-order valence-electron chi connectivity index (χ2n) is 4.19. The monoisotopic (exact) mass is 220 g/mol. The Hall–Kier alpha value is -1.07. The molecule has 2 rings (SSSR count). The van der Waals surface area contributed by atoms with Crippen molar-refractivity contribution in [3.8, 4) is 0 Å². The number of aliphatic hydroxyl groups excluding tert-OH is 1. The molecule has 86 valence electrons. The Morgan fingerprint density at radius 3 is 3.00 bits per heavy atom. The van der Waals surface area contributed by atoms with E-state index in [0.717, 1.165) is 30.9 Å². The van der Waals surface area contributed by atoms with Crippen molar-refractivity contribution >= 4 is 12.9 Å². The van der Waals surface area contributed by atoms with Crippen LogP contribution in [-0.2, 0) is 12.8 Å². The normalized spacial score (nSPS) is 14.8. The van der Waals surface area contributed by atoms with Crippen molar-refractivity contribution in [2.75, 3.05) is 18.0 Å². The third kappa shape index (κ3) is 2.20. The topological polar surface area (TPSA) is 56.6 Å². The van der Waals surface area contributed by atoms with Crippen LogP contribution in [0.4, 0.5) is 5.82 Å². The number of hydrogen-bond donors (Lipinski definition) is 2. The molecule has 16 heavy (non-hydrogen) atoms. The molecule has 0 fully saturated rings. The first-order valence-electron chi connectivity index (χ1n) is 5.76. The van der Waals surface area contributed by atoms with Crippen LogP contribution in [0.2, 0.25) is 6.82 Å². The van der Waals surface area contributed by atoms with Crippen LogP contribution in [0, 0.1) is 0 Å². The number of aliphatic hydroxyl groups is 1. The number of fused-ring (bicyclic) bond motifs is 1. The maximum Gasteiger partial charge on any atom is 0.410 e. The van der Waals surface area contributed by atoms with E-state index in [1.165, 1.54) is 5.56 Å². The smallest absolute Gasteiger partial charge is 0.410 e. The maximum absolute atomic E-state index is 9.68. The Labute approximate surface area is 96.1 Å². The van der Waals surface area contributed by atoms with Gasteiger partial charge in [0.15, 0.2) is 0 Å². The standard InChI is InChI=1S/C11H17BN2O2/c1-12(16)14-7-2-3-9-4-5-10(6-8-15)13-11(9)14/h4-5,15-16H,2-3,6-8H2,1H3. The molecule has 1 aliphatic heterocycles. The van der Waals surface area contributed by atoms with Crippen molar-refractivity contribution < 1.29 is 10.1 Å². The average molecular weight is 220 g/mol. The Morgan fingerprint density at radius 1 is 1.50 bits per heavy atom. The molecule has 1 aromatic rings. The SMILES string of the molecule is CB(O)N1CCCc2ccc(CCO)nc21. The second kappa shape index (κ2) is 4.85. The van der Waals surface area contributed by atoms with Crippen LogP contribution < -0.4 is 4.81 Å². The first-order chi connectivity index (χ1) is 7.72. The third-order valence-electron chi connectivity index (χ3n) is 2.95. The highest BCUT2D eigenvalue weighted by atomic mass is 16.3. The fourth-order valence-electron chi connectivity index (χ4n) is 2.12. The molecule has 1 aromatic heterocycles. The van der Waals surface area contributed by atoms with Gasteiger partial charge in [-0.3, -0.25) is 0 Å². The predicted octanol–water partition coefficient (Wildman–Crippen LogP) is 0.479. The molecule has 0 atom stereocenters. The van der Waals surface area contributed by atoms with Gasteiger partial charge in [0.1, 0.15) is 5.82 Å². The molecule has 1 aliphatic rings. The summed E-state index contributed by atoms with van der Waals surface area (Å²) < 4.78 is 0. The predicted molar refractivity (Wildman–Crippen MR) is 64.5 cm³/mol. The Balaban J connectivity index is 2.32. The van der Waals surface area contributed by atoms with Gasteiger partial charge in [0.25, 0.3) is 0 Å². The van der Waals surface area contributed by atoms with E-state index in [1.807, 2.05) is 10.9 Å². The fraction of sp³-hybridized carbons (Fsp3) is 0.545. The Bertz CT molecular complexity index is 371. The number of anilines is 1. The van der Waals surface area contributed by atoms with E-state index in [4.69, 9.17) is 5.11 Å². The summed E-state index contributed by atoms with van der Waals surface area (Å²) in [6.45, 7) is 2.72. The van der Waals surface area contributed by atoms with Crippen LogP contribution in [0.25, 0.3) is 0 Å². The van der Waals surface area contributed by atoms with Crippen molar-refractivity contribution in [1.29, 1.82) is 0 Å². The molecule has 0 saturated carbocycles. The Morgan fingerprint density at radius 2 is 2.31 bits per heavy atom. The number of hydrogen-bond acceptors (Lipinski definition) is 4. The highest BCUT2D eigenvalue weighted by Crippen LogP contribution is 2.25. The fourth-order valence-corrected chi connectivity index (χ4v) is 2.12. The highest BCUT2D eigenvalue weighted by molar-refractivity contribution is 6.53. The molecule has 5 heteroatoms. The average Bonchev–Trinajstić information content (AvgIpc) is 2.28. The van der Waals surface area contributed by atoms with Gasteiger partial charge in [-0.05, 0) is 31.3 Å². The summed E-state index contributed by atoms with van der Waals surface area (Å²) in [5, 5.41) is 18.6. The van der Waals surface area contributed by atoms with Crippen molar-refractivity contribution in [3.63, 3.8) is 0 Å². The van der Waals surface area contributed by atoms with E-state index in [0.29, 0.717) is 6.42 Å². The molecular formula is C11H17BN2O2. The number of aromatic nitrogens is 1. The van der Waals surface area contributed by atoms with Gasteiger partial charge in [-0.15, -0.1) is 0 Å². The van der Waals surface area contributed by atoms with E-state index in [1.54, 1.807) is 6.82 Å². The van der Waals surface area contributed by atoms with Gasteiger partial charge in [-0.25, -0.2) is 4.98 Å². The molecular weight excluding hydrogens is 203 g/mol. The van der Waals surface area contributed by atoms with Crippen LogP contribution in [0.5, 0.6) is 0 Å². The lowest BCUT2D eigenvalue weighted by atomic mass is 9.82. The molecule has 2 heterocycles. The maximum atomic E-state index is 9.68. The molecule has 0 unspecified atom stereocenters. The van der Waals surface area contributed by atoms with Crippen molar-refractivity contribution in [2.45, 2.75) is 26.1 Å². The number of nitrogens with zero attached hydrogens (tertiary/aromatic N) is 2. The summed E-state index contributed by atoms with van der Waals surface area (Å²) >= 11 is 0. The summed E-state index contributed by atoms with van der Waals surface area (Å²) in [6, 6.07) is 4.02. The van der Waals surface area contributed by atoms with E-state index in [2.05, 4.69) is 11.1 Å². The molecule has 2 N–H and O–H groups in total. The molecule has 0 aromatic carbocycles. The molecule has 0 radical (unpaired) electrons. The van der Waals surface area contributed by atoms with Crippen LogP contribution in [0.15, 0.2) is 12.1 Å². The van der Waals surface area contributed by atoms with E-state index in [9.17, 15) is 5.02 Å². The van der Waals surface area contributed by atoms with Gasteiger partial charge in [-0.2, -0.15) is 0 Å². The van der Waals surface area contributed by atoms with Crippen LogP contribution in [0.3, 0.4) is 0 Å². The van der Waals surface area contributed by atoms with Gasteiger partial charge in [0, 0.05) is 25.3 Å². The van der Waals surface area contributed by atoms with Gasteiger partial charge in [0.2, 0.25) is 0 Å². The summed E-state index contributed by atoms with van der Waals surface area (Å²) in [5.74, 6) is 0.882. The quantitative estimate of drug-likeness (QED) is 0.727. The van der Waals surface area contributed by atoms with E-state index in [-0.39, 0.29) is 6.61 Å². The lowest BCUT2D eigenvalue weighted by Crippen LogP contribution is -2.41. The van der Waals surface area contributed by atoms with Crippen LogP contribution >= 0.6 is 0 Å².